The van der Waals surface area contributed by atoms with Gasteiger partial charge in [-0.15, -0.1) is 0 Å². The third-order valence-electron chi connectivity index (χ3n) is 7.09. The summed E-state index contributed by atoms with van der Waals surface area (Å²) in [6, 6.07) is 7.96. The number of benzene rings is 1. The summed E-state index contributed by atoms with van der Waals surface area (Å²) >= 11 is 0. The van der Waals surface area contributed by atoms with Crippen molar-refractivity contribution in [1.29, 1.82) is 0 Å². The molecule has 42 heavy (non-hydrogen) atoms. The van der Waals surface area contributed by atoms with Crippen LogP contribution in [0.15, 0.2) is 30.3 Å². The standard InChI is InChI=1S/C31H52N4O7/c1-22(2)27(33-29(38)41-18-17-40-6)28(37)32-25(19-23-13-9-7-10-14-23)26(36)21-35(20-24-15-11-8-12-16-24)34-30(39)42-31(3,4)5/h7,9-10,13-14,22,24-27,36H,8,11-12,15-21H2,1-6H3,(H,32,37)(H,33,38)(H,34,39)/t25-,26-,27-/m0/s1. The smallest absolute Gasteiger partial charge is 0.422 e. The van der Waals surface area contributed by atoms with Gasteiger partial charge in [-0.05, 0) is 57.4 Å². The van der Waals surface area contributed by atoms with Gasteiger partial charge in [0.25, 0.3) is 0 Å². The van der Waals surface area contributed by atoms with E-state index in [2.05, 4.69) is 16.1 Å². The molecule has 11 nitrogen and oxygen atoms in total. The SMILES string of the molecule is COCCOC(=O)N[C@H](C(=O)N[C@@H](Cc1ccccc1)[C@@H](O)CN(CC1CCCCC1)NC(=O)OC(C)(C)C)C(C)C. The lowest BCUT2D eigenvalue weighted by molar-refractivity contribution is -0.125. The topological polar surface area (TPSA) is 138 Å². The average Bonchev–Trinajstić information content (AvgIpc) is 2.91. The Bertz CT molecular complexity index is 948. The van der Waals surface area contributed by atoms with E-state index in [9.17, 15) is 19.5 Å². The van der Waals surface area contributed by atoms with E-state index in [0.29, 0.717) is 18.9 Å². The fraction of sp³-hybridized carbons (Fsp3) is 0.710. The Balaban J connectivity index is 2.21. The molecule has 3 atom stereocenters. The molecule has 0 radical (unpaired) electrons. The van der Waals surface area contributed by atoms with Crippen molar-refractivity contribution in [3.8, 4) is 0 Å². The van der Waals surface area contributed by atoms with E-state index in [4.69, 9.17) is 14.2 Å². The summed E-state index contributed by atoms with van der Waals surface area (Å²) in [5, 5.41) is 18.8. The Morgan fingerprint density at radius 2 is 1.67 bits per heavy atom. The molecule has 4 N–H and O–H groups in total. The van der Waals surface area contributed by atoms with E-state index in [-0.39, 0.29) is 25.7 Å². The van der Waals surface area contributed by atoms with Crippen LogP contribution in [0.25, 0.3) is 0 Å². The first-order chi connectivity index (χ1) is 19.9. The molecular weight excluding hydrogens is 540 g/mol. The maximum Gasteiger partial charge on any atom is 0.422 e. The first kappa shape index (κ1) is 35.3. The van der Waals surface area contributed by atoms with Crippen molar-refractivity contribution in [2.75, 3.05) is 33.4 Å². The highest BCUT2D eigenvalue weighted by Crippen LogP contribution is 2.24. The minimum absolute atomic E-state index is 0.0611. The normalized spacial score (nSPS) is 16.4. The number of hydrogen-bond donors (Lipinski definition) is 4. The lowest BCUT2D eigenvalue weighted by atomic mass is 9.89. The Labute approximate surface area is 251 Å². The number of hydrazine groups is 1. The van der Waals surface area contributed by atoms with Gasteiger partial charge < -0.3 is 30.0 Å². The zero-order valence-corrected chi connectivity index (χ0v) is 26.2. The van der Waals surface area contributed by atoms with Crippen LogP contribution in [0.5, 0.6) is 0 Å². The third-order valence-corrected chi connectivity index (χ3v) is 7.09. The summed E-state index contributed by atoms with van der Waals surface area (Å²) in [5.74, 6) is -0.305. The van der Waals surface area contributed by atoms with Crippen LogP contribution < -0.4 is 16.1 Å². The zero-order valence-electron chi connectivity index (χ0n) is 26.2. The molecule has 0 unspecified atom stereocenters. The van der Waals surface area contributed by atoms with Crippen LogP contribution >= 0.6 is 0 Å². The van der Waals surface area contributed by atoms with Crippen molar-refractivity contribution in [2.24, 2.45) is 11.8 Å². The molecule has 3 amide bonds. The minimum atomic E-state index is -1.05. The van der Waals surface area contributed by atoms with Gasteiger partial charge >= 0.3 is 12.2 Å². The molecule has 0 aliphatic heterocycles. The molecule has 2 rings (SSSR count). The summed E-state index contributed by atoms with van der Waals surface area (Å²) in [6.45, 7) is 9.97. The van der Waals surface area contributed by atoms with E-state index < -0.39 is 41.9 Å². The summed E-state index contributed by atoms with van der Waals surface area (Å²) in [6.07, 6.45) is 3.56. The van der Waals surface area contributed by atoms with E-state index in [1.54, 1.807) is 25.8 Å². The summed E-state index contributed by atoms with van der Waals surface area (Å²) in [5.41, 5.74) is 3.08. The third kappa shape index (κ3) is 13.8. The highest BCUT2D eigenvalue weighted by Gasteiger charge is 2.31. The van der Waals surface area contributed by atoms with Gasteiger partial charge in [-0.1, -0.05) is 63.4 Å². The van der Waals surface area contributed by atoms with Crippen LogP contribution in [-0.2, 0) is 25.4 Å². The van der Waals surface area contributed by atoms with E-state index in [1.165, 1.54) is 13.5 Å². The molecule has 238 valence electrons. The Kier molecular flexibility index (Phi) is 15.1. The first-order valence-electron chi connectivity index (χ1n) is 15.1. The van der Waals surface area contributed by atoms with Crippen molar-refractivity contribution in [2.45, 2.75) is 96.9 Å². The molecule has 0 saturated heterocycles. The van der Waals surface area contributed by atoms with Gasteiger partial charge in [0.05, 0.1) is 18.8 Å². The van der Waals surface area contributed by atoms with Crippen LogP contribution in [0.2, 0.25) is 0 Å². The molecule has 0 heterocycles. The maximum absolute atomic E-state index is 13.5. The number of carbonyl (C=O) groups is 3. The molecular formula is C31H52N4O7. The Morgan fingerprint density at radius 3 is 2.26 bits per heavy atom. The van der Waals surface area contributed by atoms with Crippen LogP contribution in [0.1, 0.15) is 72.3 Å². The Morgan fingerprint density at radius 1 is 1.00 bits per heavy atom. The summed E-state index contributed by atoms with van der Waals surface area (Å²) in [4.78, 5) is 38.5. The number of methoxy groups -OCH3 is 1. The highest BCUT2D eigenvalue weighted by atomic mass is 16.6. The second-order valence-electron chi connectivity index (χ2n) is 12.4. The molecule has 1 aliphatic carbocycles. The minimum Gasteiger partial charge on any atom is -0.447 e. The molecule has 0 bridgehead atoms. The number of rotatable bonds is 15. The molecule has 0 spiro atoms. The summed E-state index contributed by atoms with van der Waals surface area (Å²) < 4.78 is 15.5. The number of amides is 3. The maximum atomic E-state index is 13.5. The fourth-order valence-corrected chi connectivity index (χ4v) is 4.98. The number of aliphatic hydroxyl groups excluding tert-OH is 1. The molecule has 1 aromatic carbocycles. The van der Waals surface area contributed by atoms with Crippen molar-refractivity contribution >= 4 is 18.1 Å². The lowest BCUT2D eigenvalue weighted by Gasteiger charge is -2.34. The number of nitrogens with zero attached hydrogens (tertiary/aromatic N) is 1. The zero-order chi connectivity index (χ0) is 31.1. The number of carbonyl (C=O) groups excluding carboxylic acids is 3. The molecule has 1 saturated carbocycles. The van der Waals surface area contributed by atoms with Crippen molar-refractivity contribution in [3.05, 3.63) is 35.9 Å². The van der Waals surface area contributed by atoms with Gasteiger partial charge in [0.2, 0.25) is 5.91 Å². The molecule has 11 heteroatoms. The molecule has 1 fully saturated rings. The van der Waals surface area contributed by atoms with Crippen LogP contribution in [0.4, 0.5) is 9.59 Å². The van der Waals surface area contributed by atoms with E-state index in [1.807, 2.05) is 44.2 Å². The van der Waals surface area contributed by atoms with Crippen molar-refractivity contribution in [3.63, 3.8) is 0 Å². The fourth-order valence-electron chi connectivity index (χ4n) is 4.98. The average molecular weight is 593 g/mol. The van der Waals surface area contributed by atoms with E-state index >= 15 is 0 Å². The number of hydrogen-bond acceptors (Lipinski definition) is 8. The van der Waals surface area contributed by atoms with Gasteiger partial charge in [-0.3, -0.25) is 10.2 Å². The van der Waals surface area contributed by atoms with Crippen LogP contribution in [0.3, 0.4) is 0 Å². The lowest BCUT2D eigenvalue weighted by Crippen LogP contribution is -2.58. The Hall–Kier alpha value is -2.89. The second-order valence-corrected chi connectivity index (χ2v) is 12.4. The number of nitrogens with one attached hydrogen (secondary N) is 3. The van der Waals surface area contributed by atoms with Crippen molar-refractivity contribution in [1.82, 2.24) is 21.1 Å². The molecule has 1 aliphatic rings. The van der Waals surface area contributed by atoms with Gasteiger partial charge in [-0.2, -0.15) is 0 Å². The number of ether oxygens (including phenoxy) is 3. The van der Waals surface area contributed by atoms with Gasteiger partial charge in [0.15, 0.2) is 0 Å². The summed E-state index contributed by atoms with van der Waals surface area (Å²) in [7, 11) is 1.50. The van der Waals surface area contributed by atoms with Gasteiger partial charge in [0.1, 0.15) is 18.2 Å². The largest absolute Gasteiger partial charge is 0.447 e. The van der Waals surface area contributed by atoms with Crippen molar-refractivity contribution < 1.29 is 33.7 Å². The van der Waals surface area contributed by atoms with Gasteiger partial charge in [0, 0.05) is 20.2 Å². The predicted octanol–water partition coefficient (Wildman–Crippen LogP) is 3.79. The predicted molar refractivity (Wildman–Crippen MR) is 161 cm³/mol. The van der Waals surface area contributed by atoms with E-state index in [0.717, 1.165) is 31.2 Å². The molecule has 0 aromatic heterocycles. The van der Waals surface area contributed by atoms with Crippen LogP contribution in [0, 0.1) is 11.8 Å². The van der Waals surface area contributed by atoms with Crippen LogP contribution in [-0.4, -0.2) is 85.4 Å². The molecule has 1 aromatic rings. The second kappa shape index (κ2) is 17.9. The number of alkyl carbamates (subject to hydrolysis) is 1. The monoisotopic (exact) mass is 592 g/mol. The van der Waals surface area contributed by atoms with Gasteiger partial charge in [-0.25, -0.2) is 14.6 Å². The number of aliphatic hydroxyl groups is 1. The quantitative estimate of drug-likeness (QED) is 0.178. The highest BCUT2D eigenvalue weighted by molar-refractivity contribution is 5.86. The first-order valence-corrected chi connectivity index (χ1v) is 15.1.